The van der Waals surface area contributed by atoms with Gasteiger partial charge in [0, 0.05) is 6.54 Å². The molecule has 0 unspecified atom stereocenters. The average molecular weight is 276 g/mol. The molecule has 106 valence electrons. The first kappa shape index (κ1) is 13.2. The molecule has 0 spiro atoms. The van der Waals surface area contributed by atoms with E-state index in [-0.39, 0.29) is 30.0 Å². The maximum Gasteiger partial charge on any atom is 0.244 e. The van der Waals surface area contributed by atoms with Gasteiger partial charge in [-0.05, 0) is 30.5 Å². The SMILES string of the molecule is O=C1CC(=O)N(Cc2cccc(F)c2)N2CCCC[C@H]12. The third kappa shape index (κ3) is 2.45. The molecule has 2 aliphatic rings. The maximum atomic E-state index is 13.2. The molecular formula is C15H17FN2O2. The summed E-state index contributed by atoms with van der Waals surface area (Å²) < 4.78 is 13.2. The smallest absolute Gasteiger partial charge is 0.244 e. The molecule has 3 rings (SSSR count). The number of hydrogen-bond donors (Lipinski definition) is 0. The second kappa shape index (κ2) is 5.32. The summed E-state index contributed by atoms with van der Waals surface area (Å²) in [6.07, 6.45) is 2.79. The standard InChI is InChI=1S/C15H17FN2O2/c16-12-5-3-4-11(8-12)10-18-15(20)9-14(19)13-6-1-2-7-17(13)18/h3-5,8,13H,1-2,6-7,9-10H2/t13-/m1/s1. The normalized spacial score (nSPS) is 23.9. The van der Waals surface area contributed by atoms with Gasteiger partial charge in [-0.3, -0.25) is 14.6 Å². The van der Waals surface area contributed by atoms with Gasteiger partial charge in [0.2, 0.25) is 5.91 Å². The lowest BCUT2D eigenvalue weighted by molar-refractivity contribution is -0.173. The lowest BCUT2D eigenvalue weighted by Crippen LogP contribution is -2.60. The number of amides is 1. The zero-order valence-electron chi connectivity index (χ0n) is 11.2. The third-order valence-electron chi connectivity index (χ3n) is 3.99. The highest BCUT2D eigenvalue weighted by molar-refractivity contribution is 6.02. The second-order valence-corrected chi connectivity index (χ2v) is 5.40. The van der Waals surface area contributed by atoms with Crippen molar-refractivity contribution in [3.8, 4) is 0 Å². The van der Waals surface area contributed by atoms with E-state index in [9.17, 15) is 14.0 Å². The number of halogens is 1. The Morgan fingerprint density at radius 1 is 1.25 bits per heavy atom. The number of fused-ring (bicyclic) bond motifs is 1. The molecule has 2 aliphatic heterocycles. The van der Waals surface area contributed by atoms with E-state index in [4.69, 9.17) is 0 Å². The summed E-state index contributed by atoms with van der Waals surface area (Å²) >= 11 is 0. The number of Topliss-reactive ketones (excluding diaryl/α,β-unsaturated/α-hetero) is 1. The Bertz CT molecular complexity index is 546. The average Bonchev–Trinajstić information content (AvgIpc) is 2.43. The van der Waals surface area contributed by atoms with Crippen LogP contribution in [0.3, 0.4) is 0 Å². The fourth-order valence-corrected chi connectivity index (χ4v) is 3.02. The zero-order valence-corrected chi connectivity index (χ0v) is 11.2. The maximum absolute atomic E-state index is 13.2. The van der Waals surface area contributed by atoms with Crippen molar-refractivity contribution in [3.63, 3.8) is 0 Å². The van der Waals surface area contributed by atoms with Crippen molar-refractivity contribution in [2.45, 2.75) is 38.3 Å². The van der Waals surface area contributed by atoms with Crippen LogP contribution in [-0.4, -0.2) is 34.3 Å². The number of carbonyl (C=O) groups is 2. The molecule has 4 nitrogen and oxygen atoms in total. The molecule has 2 heterocycles. The summed E-state index contributed by atoms with van der Waals surface area (Å²) in [5, 5.41) is 3.50. The van der Waals surface area contributed by atoms with Crippen LogP contribution in [0.2, 0.25) is 0 Å². The number of piperidine rings is 1. The summed E-state index contributed by atoms with van der Waals surface area (Å²) in [5.41, 5.74) is 0.747. The van der Waals surface area contributed by atoms with Crippen LogP contribution in [-0.2, 0) is 16.1 Å². The molecule has 0 radical (unpaired) electrons. The number of benzene rings is 1. The fraction of sp³-hybridized carbons (Fsp3) is 0.467. The Kier molecular flexibility index (Phi) is 3.53. The second-order valence-electron chi connectivity index (χ2n) is 5.40. The third-order valence-corrected chi connectivity index (χ3v) is 3.99. The minimum atomic E-state index is -0.307. The number of carbonyl (C=O) groups excluding carboxylic acids is 2. The van der Waals surface area contributed by atoms with E-state index < -0.39 is 0 Å². The van der Waals surface area contributed by atoms with E-state index >= 15 is 0 Å². The number of ketones is 1. The number of rotatable bonds is 2. The summed E-state index contributed by atoms with van der Waals surface area (Å²) in [6.45, 7) is 1.05. The lowest BCUT2D eigenvalue weighted by atomic mass is 9.95. The Balaban J connectivity index is 1.83. The topological polar surface area (TPSA) is 40.6 Å². The van der Waals surface area contributed by atoms with Gasteiger partial charge in [0.25, 0.3) is 0 Å². The minimum absolute atomic E-state index is 0.0187. The lowest BCUT2D eigenvalue weighted by Gasteiger charge is -2.45. The summed E-state index contributed by atoms with van der Waals surface area (Å²) in [4.78, 5) is 24.1. The molecule has 1 amide bonds. The Hall–Kier alpha value is -1.75. The Labute approximate surface area is 117 Å². The van der Waals surface area contributed by atoms with Crippen LogP contribution in [0, 0.1) is 5.82 Å². The minimum Gasteiger partial charge on any atom is -0.297 e. The monoisotopic (exact) mass is 276 g/mol. The highest BCUT2D eigenvalue weighted by Crippen LogP contribution is 2.27. The molecule has 1 aromatic carbocycles. The van der Waals surface area contributed by atoms with E-state index in [0.29, 0.717) is 6.54 Å². The van der Waals surface area contributed by atoms with E-state index in [1.54, 1.807) is 17.1 Å². The van der Waals surface area contributed by atoms with Crippen molar-refractivity contribution in [2.24, 2.45) is 0 Å². The highest BCUT2D eigenvalue weighted by Gasteiger charge is 2.40. The first-order chi connectivity index (χ1) is 9.65. The van der Waals surface area contributed by atoms with Crippen LogP contribution in [0.25, 0.3) is 0 Å². The van der Waals surface area contributed by atoms with Crippen molar-refractivity contribution >= 4 is 11.7 Å². The zero-order chi connectivity index (χ0) is 14.1. The first-order valence-corrected chi connectivity index (χ1v) is 6.99. The molecule has 0 aliphatic carbocycles. The van der Waals surface area contributed by atoms with Crippen LogP contribution >= 0.6 is 0 Å². The first-order valence-electron chi connectivity index (χ1n) is 6.99. The van der Waals surface area contributed by atoms with Gasteiger partial charge >= 0.3 is 0 Å². The summed E-state index contributed by atoms with van der Waals surface area (Å²) in [5.74, 6) is -0.471. The number of hydrazine groups is 1. The van der Waals surface area contributed by atoms with Crippen LogP contribution in [0.1, 0.15) is 31.2 Å². The predicted octanol–water partition coefficient (Wildman–Crippen LogP) is 1.90. The molecule has 0 saturated carbocycles. The number of nitrogens with zero attached hydrogens (tertiary/aromatic N) is 2. The van der Waals surface area contributed by atoms with Crippen molar-refractivity contribution in [1.29, 1.82) is 0 Å². The van der Waals surface area contributed by atoms with Crippen molar-refractivity contribution in [2.75, 3.05) is 6.54 Å². The Morgan fingerprint density at radius 3 is 2.90 bits per heavy atom. The van der Waals surface area contributed by atoms with Gasteiger partial charge in [-0.15, -0.1) is 0 Å². The Morgan fingerprint density at radius 2 is 2.10 bits per heavy atom. The summed E-state index contributed by atoms with van der Waals surface area (Å²) in [7, 11) is 0. The largest absolute Gasteiger partial charge is 0.297 e. The van der Waals surface area contributed by atoms with Gasteiger partial charge in [0.15, 0.2) is 5.78 Å². The van der Waals surface area contributed by atoms with Gasteiger partial charge in [-0.2, -0.15) is 0 Å². The van der Waals surface area contributed by atoms with Gasteiger partial charge in [-0.1, -0.05) is 18.6 Å². The number of hydrogen-bond acceptors (Lipinski definition) is 3. The van der Waals surface area contributed by atoms with Crippen LogP contribution in [0.5, 0.6) is 0 Å². The molecule has 1 atom stereocenters. The van der Waals surface area contributed by atoms with E-state index in [1.165, 1.54) is 12.1 Å². The van der Waals surface area contributed by atoms with Gasteiger partial charge in [0.05, 0.1) is 19.0 Å². The molecule has 2 saturated heterocycles. The molecule has 0 N–H and O–H groups in total. The highest BCUT2D eigenvalue weighted by atomic mass is 19.1. The van der Waals surface area contributed by atoms with Gasteiger partial charge in [-0.25, -0.2) is 9.40 Å². The predicted molar refractivity (Wildman–Crippen MR) is 70.9 cm³/mol. The molecular weight excluding hydrogens is 259 g/mol. The molecule has 5 heteroatoms. The van der Waals surface area contributed by atoms with Crippen molar-refractivity contribution < 1.29 is 14.0 Å². The van der Waals surface area contributed by atoms with E-state index in [2.05, 4.69) is 0 Å². The van der Waals surface area contributed by atoms with Gasteiger partial charge in [0.1, 0.15) is 5.82 Å². The van der Waals surface area contributed by atoms with E-state index in [1.807, 2.05) is 5.01 Å². The van der Waals surface area contributed by atoms with Crippen LogP contribution < -0.4 is 0 Å². The molecule has 0 aromatic heterocycles. The van der Waals surface area contributed by atoms with Crippen LogP contribution in [0.4, 0.5) is 4.39 Å². The quantitative estimate of drug-likeness (QED) is 0.775. The molecule has 20 heavy (non-hydrogen) atoms. The molecule has 2 fully saturated rings. The van der Waals surface area contributed by atoms with Crippen LogP contribution in [0.15, 0.2) is 24.3 Å². The van der Waals surface area contributed by atoms with Crippen molar-refractivity contribution in [3.05, 3.63) is 35.6 Å². The van der Waals surface area contributed by atoms with Gasteiger partial charge < -0.3 is 0 Å². The van der Waals surface area contributed by atoms with Crippen molar-refractivity contribution in [1.82, 2.24) is 10.0 Å². The molecule has 1 aromatic rings. The molecule has 0 bridgehead atoms. The summed E-state index contributed by atoms with van der Waals surface area (Å²) in [6, 6.07) is 6.08. The fourth-order valence-electron chi connectivity index (χ4n) is 3.02. The van der Waals surface area contributed by atoms with E-state index in [0.717, 1.165) is 31.4 Å².